The highest BCUT2D eigenvalue weighted by molar-refractivity contribution is 6.33. The van der Waals surface area contributed by atoms with Gasteiger partial charge in [-0.05, 0) is 24.3 Å². The lowest BCUT2D eigenvalue weighted by Crippen LogP contribution is -2.20. The lowest BCUT2D eigenvalue weighted by atomic mass is 10.1. The van der Waals surface area contributed by atoms with Crippen LogP contribution >= 0.6 is 11.6 Å². The fourth-order valence-corrected chi connectivity index (χ4v) is 2.95. The Hall–Kier alpha value is -3.12. The molecule has 1 unspecified atom stereocenters. The molecule has 1 aliphatic heterocycles. The quantitative estimate of drug-likeness (QED) is 0.707. The normalized spacial score (nSPS) is 15.2. The SMILES string of the molecule is O=CC1Nc2ccc(-c3cc(-c4ccccc4Cl)[nH]c(=O)n3)cc2O1. The zero-order chi connectivity index (χ0) is 17.4. The number of rotatable bonds is 3. The molecule has 0 saturated heterocycles. The van der Waals surface area contributed by atoms with Gasteiger partial charge in [0.1, 0.15) is 5.75 Å². The Morgan fingerprint density at radius 1 is 1.16 bits per heavy atom. The molecule has 0 fully saturated rings. The molecule has 0 amide bonds. The molecule has 2 N–H and O–H groups in total. The van der Waals surface area contributed by atoms with Crippen LogP contribution in [0.5, 0.6) is 5.75 Å². The summed E-state index contributed by atoms with van der Waals surface area (Å²) < 4.78 is 5.47. The zero-order valence-corrected chi connectivity index (χ0v) is 13.6. The Morgan fingerprint density at radius 2 is 2.00 bits per heavy atom. The van der Waals surface area contributed by atoms with Crippen LogP contribution in [0.2, 0.25) is 5.02 Å². The number of aromatic nitrogens is 2. The molecule has 0 radical (unpaired) electrons. The predicted octanol–water partition coefficient (Wildman–Crippen LogP) is 3.09. The van der Waals surface area contributed by atoms with Gasteiger partial charge in [-0.2, -0.15) is 4.98 Å². The van der Waals surface area contributed by atoms with Crippen molar-refractivity contribution in [2.45, 2.75) is 6.23 Å². The first kappa shape index (κ1) is 15.4. The number of ether oxygens (including phenoxy) is 1. The lowest BCUT2D eigenvalue weighted by Gasteiger charge is -2.07. The Labute approximate surface area is 147 Å². The minimum Gasteiger partial charge on any atom is -0.461 e. The van der Waals surface area contributed by atoms with E-state index in [1.54, 1.807) is 30.3 Å². The Morgan fingerprint density at radius 3 is 2.80 bits per heavy atom. The second kappa shape index (κ2) is 6.07. The number of carbonyl (C=O) groups excluding carboxylic acids is 1. The number of hydrogen-bond acceptors (Lipinski definition) is 5. The number of aldehydes is 1. The molecular formula is C18H12ClN3O3. The van der Waals surface area contributed by atoms with Crippen molar-refractivity contribution in [1.82, 2.24) is 9.97 Å². The summed E-state index contributed by atoms with van der Waals surface area (Å²) in [5, 5.41) is 3.46. The highest BCUT2D eigenvalue weighted by Crippen LogP contribution is 2.35. The van der Waals surface area contributed by atoms with E-state index in [0.717, 1.165) is 5.69 Å². The van der Waals surface area contributed by atoms with Crippen molar-refractivity contribution < 1.29 is 9.53 Å². The first-order valence-electron chi connectivity index (χ1n) is 7.53. The number of halogens is 1. The third-order valence-corrected chi connectivity index (χ3v) is 4.19. The summed E-state index contributed by atoms with van der Waals surface area (Å²) in [5.41, 5.74) is 2.72. The standard InChI is InChI=1S/C18H12ClN3O3/c19-12-4-2-1-3-11(12)15-8-14(21-18(24)22-15)10-5-6-13-16(7-10)25-17(9-23)20-13/h1-9,17,20H,(H,21,22,24). The van der Waals surface area contributed by atoms with Crippen LogP contribution in [0.15, 0.2) is 53.3 Å². The molecule has 2 heterocycles. The summed E-state index contributed by atoms with van der Waals surface area (Å²) in [5.74, 6) is 0.538. The summed E-state index contributed by atoms with van der Waals surface area (Å²) in [4.78, 5) is 29.6. The first-order chi connectivity index (χ1) is 12.1. The lowest BCUT2D eigenvalue weighted by molar-refractivity contribution is -0.112. The third kappa shape index (κ3) is 2.88. The number of nitrogens with one attached hydrogen (secondary N) is 2. The van der Waals surface area contributed by atoms with Crippen molar-refractivity contribution in [2.24, 2.45) is 0 Å². The van der Waals surface area contributed by atoms with E-state index in [4.69, 9.17) is 16.3 Å². The molecule has 0 bridgehead atoms. The van der Waals surface area contributed by atoms with Crippen LogP contribution in [0, 0.1) is 0 Å². The van der Waals surface area contributed by atoms with Crippen molar-refractivity contribution >= 4 is 23.6 Å². The smallest absolute Gasteiger partial charge is 0.345 e. The number of fused-ring (bicyclic) bond motifs is 1. The van der Waals surface area contributed by atoms with E-state index in [0.29, 0.717) is 39.6 Å². The fraction of sp³-hybridized carbons (Fsp3) is 0.0556. The molecule has 0 aliphatic carbocycles. The van der Waals surface area contributed by atoms with Crippen molar-refractivity contribution in [1.29, 1.82) is 0 Å². The summed E-state index contributed by atoms with van der Waals surface area (Å²) >= 11 is 6.21. The van der Waals surface area contributed by atoms with Crippen LogP contribution in [-0.4, -0.2) is 22.5 Å². The molecule has 3 aromatic rings. The number of benzene rings is 2. The highest BCUT2D eigenvalue weighted by atomic mass is 35.5. The van der Waals surface area contributed by atoms with Gasteiger partial charge in [0, 0.05) is 16.1 Å². The summed E-state index contributed by atoms with van der Waals surface area (Å²) in [6.45, 7) is 0. The molecule has 124 valence electrons. The van der Waals surface area contributed by atoms with Crippen LogP contribution in [0.4, 0.5) is 5.69 Å². The van der Waals surface area contributed by atoms with Gasteiger partial charge < -0.3 is 15.0 Å². The molecule has 2 aromatic carbocycles. The number of hydrogen-bond donors (Lipinski definition) is 2. The Kier molecular flexibility index (Phi) is 3.74. The van der Waals surface area contributed by atoms with E-state index in [9.17, 15) is 9.59 Å². The van der Waals surface area contributed by atoms with E-state index in [1.165, 1.54) is 0 Å². The predicted molar refractivity (Wildman–Crippen MR) is 94.8 cm³/mol. The number of nitrogens with zero attached hydrogens (tertiary/aromatic N) is 1. The molecule has 1 aromatic heterocycles. The molecule has 1 aliphatic rings. The number of H-pyrrole nitrogens is 1. The van der Waals surface area contributed by atoms with Crippen molar-refractivity contribution in [3.8, 4) is 28.3 Å². The van der Waals surface area contributed by atoms with E-state index in [2.05, 4.69) is 15.3 Å². The Balaban J connectivity index is 1.79. The van der Waals surface area contributed by atoms with Crippen molar-refractivity contribution in [3.05, 3.63) is 64.0 Å². The number of carbonyl (C=O) groups is 1. The van der Waals surface area contributed by atoms with Crippen LogP contribution in [0.3, 0.4) is 0 Å². The topological polar surface area (TPSA) is 84.1 Å². The maximum atomic E-state index is 12.0. The maximum Gasteiger partial charge on any atom is 0.345 e. The average molecular weight is 354 g/mol. The van der Waals surface area contributed by atoms with Gasteiger partial charge in [-0.3, -0.25) is 4.79 Å². The summed E-state index contributed by atoms with van der Waals surface area (Å²) in [6, 6.07) is 14.3. The fourth-order valence-electron chi connectivity index (χ4n) is 2.71. The second-order valence-electron chi connectivity index (χ2n) is 5.49. The molecule has 4 rings (SSSR count). The second-order valence-corrected chi connectivity index (χ2v) is 5.90. The minimum atomic E-state index is -0.698. The van der Waals surface area contributed by atoms with Gasteiger partial charge in [-0.25, -0.2) is 4.79 Å². The van der Waals surface area contributed by atoms with Gasteiger partial charge in [0.2, 0.25) is 6.23 Å². The maximum absolute atomic E-state index is 12.0. The first-order valence-corrected chi connectivity index (χ1v) is 7.91. The minimum absolute atomic E-state index is 0.474. The molecule has 25 heavy (non-hydrogen) atoms. The van der Waals surface area contributed by atoms with Gasteiger partial charge in [-0.15, -0.1) is 0 Å². The molecular weight excluding hydrogens is 342 g/mol. The average Bonchev–Trinajstić information content (AvgIpc) is 3.04. The van der Waals surface area contributed by atoms with E-state index in [-0.39, 0.29) is 0 Å². The van der Waals surface area contributed by atoms with Crippen LogP contribution in [0.25, 0.3) is 22.5 Å². The molecule has 0 spiro atoms. The zero-order valence-electron chi connectivity index (χ0n) is 12.8. The van der Waals surface area contributed by atoms with Gasteiger partial charge in [0.05, 0.1) is 17.1 Å². The number of aromatic amines is 1. The van der Waals surface area contributed by atoms with Crippen LogP contribution < -0.4 is 15.7 Å². The van der Waals surface area contributed by atoms with Crippen molar-refractivity contribution in [3.63, 3.8) is 0 Å². The monoisotopic (exact) mass is 353 g/mol. The third-order valence-electron chi connectivity index (χ3n) is 3.86. The molecule has 6 nitrogen and oxygen atoms in total. The Bertz CT molecular complexity index is 1030. The van der Waals surface area contributed by atoms with Gasteiger partial charge in [-0.1, -0.05) is 35.9 Å². The van der Waals surface area contributed by atoms with Gasteiger partial charge in [0.25, 0.3) is 0 Å². The van der Waals surface area contributed by atoms with E-state index >= 15 is 0 Å². The number of anilines is 1. The highest BCUT2D eigenvalue weighted by Gasteiger charge is 2.21. The summed E-state index contributed by atoms with van der Waals surface area (Å²) in [6.07, 6.45) is -0.0169. The summed E-state index contributed by atoms with van der Waals surface area (Å²) in [7, 11) is 0. The molecule has 1 atom stereocenters. The van der Waals surface area contributed by atoms with E-state index in [1.807, 2.05) is 18.2 Å². The van der Waals surface area contributed by atoms with Crippen LogP contribution in [-0.2, 0) is 4.79 Å². The van der Waals surface area contributed by atoms with Crippen molar-refractivity contribution in [2.75, 3.05) is 5.32 Å². The molecule has 0 saturated carbocycles. The molecule has 7 heteroatoms. The van der Waals surface area contributed by atoms with Crippen LogP contribution in [0.1, 0.15) is 0 Å². The van der Waals surface area contributed by atoms with Gasteiger partial charge in [0.15, 0.2) is 6.29 Å². The van der Waals surface area contributed by atoms with E-state index < -0.39 is 11.9 Å². The van der Waals surface area contributed by atoms with Gasteiger partial charge >= 0.3 is 5.69 Å². The largest absolute Gasteiger partial charge is 0.461 e.